The van der Waals surface area contributed by atoms with E-state index < -0.39 is 18.0 Å². The van der Waals surface area contributed by atoms with Crippen LogP contribution in [-0.2, 0) is 11.2 Å². The normalized spacial score (nSPS) is 19.9. The lowest BCUT2D eigenvalue weighted by molar-refractivity contribution is -0.122. The van der Waals surface area contributed by atoms with E-state index in [1.54, 1.807) is 12.3 Å². The zero-order chi connectivity index (χ0) is 27.1. The van der Waals surface area contributed by atoms with E-state index in [1.807, 2.05) is 44.2 Å². The van der Waals surface area contributed by atoms with Gasteiger partial charge in [-0.05, 0) is 31.4 Å². The minimum atomic E-state index is -0.527. The van der Waals surface area contributed by atoms with Crippen molar-refractivity contribution in [1.82, 2.24) is 31.2 Å². The lowest BCUT2D eigenvalue weighted by atomic mass is 10.0. The van der Waals surface area contributed by atoms with Crippen molar-refractivity contribution in [2.24, 2.45) is 5.92 Å². The highest BCUT2D eigenvalue weighted by molar-refractivity contribution is 7.09. The molecule has 2 atom stereocenters. The molecule has 38 heavy (non-hydrogen) atoms. The number of aryl methyl sites for hydroxylation is 1. The molecule has 0 saturated carbocycles. The zero-order valence-electron chi connectivity index (χ0n) is 21.9. The third-order valence-electron chi connectivity index (χ3n) is 6.26. The van der Waals surface area contributed by atoms with Crippen LogP contribution in [0.4, 0.5) is 0 Å². The van der Waals surface area contributed by atoms with E-state index in [9.17, 15) is 14.4 Å². The number of hydrogen-bond acceptors (Lipinski definition) is 8. The summed E-state index contributed by atoms with van der Waals surface area (Å²) in [6.45, 7) is 7.28. The summed E-state index contributed by atoms with van der Waals surface area (Å²) in [7, 11) is 0. The molecule has 1 aliphatic heterocycles. The highest BCUT2D eigenvalue weighted by Crippen LogP contribution is 2.27. The van der Waals surface area contributed by atoms with Crippen LogP contribution in [0.15, 0.2) is 40.1 Å². The molecule has 4 bridgehead atoms. The number of thiazole rings is 1. The van der Waals surface area contributed by atoms with E-state index in [4.69, 9.17) is 4.42 Å². The first-order valence-electron chi connectivity index (χ1n) is 12.9. The first-order valence-corrected chi connectivity index (χ1v) is 13.8. The second-order valence-electron chi connectivity index (χ2n) is 9.64. The van der Waals surface area contributed by atoms with Gasteiger partial charge in [-0.25, -0.2) is 9.97 Å². The molecule has 1 aromatic carbocycles. The topological polar surface area (TPSA) is 138 Å². The fourth-order valence-electron chi connectivity index (χ4n) is 4.20. The van der Waals surface area contributed by atoms with Crippen LogP contribution in [0.2, 0.25) is 0 Å². The van der Waals surface area contributed by atoms with Crippen molar-refractivity contribution in [2.75, 3.05) is 19.6 Å². The first kappa shape index (κ1) is 27.5. The Morgan fingerprint density at radius 3 is 2.58 bits per heavy atom. The number of amides is 3. The van der Waals surface area contributed by atoms with Gasteiger partial charge >= 0.3 is 0 Å². The Morgan fingerprint density at radius 2 is 1.82 bits per heavy atom. The third-order valence-corrected chi connectivity index (χ3v) is 7.19. The van der Waals surface area contributed by atoms with Gasteiger partial charge in [0.1, 0.15) is 22.5 Å². The molecule has 202 valence electrons. The lowest BCUT2D eigenvalue weighted by Gasteiger charge is -2.19. The van der Waals surface area contributed by atoms with Crippen molar-refractivity contribution in [1.29, 1.82) is 0 Å². The largest absolute Gasteiger partial charge is 0.443 e. The molecule has 1 aliphatic rings. The number of rotatable bonds is 3. The van der Waals surface area contributed by atoms with E-state index in [-0.39, 0.29) is 29.3 Å². The molecule has 4 N–H and O–H groups in total. The average Bonchev–Trinajstić information content (AvgIpc) is 3.53. The summed E-state index contributed by atoms with van der Waals surface area (Å²) in [5.41, 5.74) is 1.49. The van der Waals surface area contributed by atoms with Gasteiger partial charge in [0.15, 0.2) is 5.69 Å². The van der Waals surface area contributed by atoms with Crippen molar-refractivity contribution in [3.8, 4) is 0 Å². The van der Waals surface area contributed by atoms with Gasteiger partial charge in [-0.15, -0.1) is 11.3 Å². The number of oxazole rings is 1. The Hall–Kier alpha value is -3.57. The Balaban J connectivity index is 1.63. The van der Waals surface area contributed by atoms with Crippen molar-refractivity contribution in [3.05, 3.63) is 69.3 Å². The summed E-state index contributed by atoms with van der Waals surface area (Å²) in [4.78, 5) is 47.7. The Morgan fingerprint density at radius 1 is 1.03 bits per heavy atom. The van der Waals surface area contributed by atoms with Gasteiger partial charge in [0.25, 0.3) is 11.8 Å². The van der Waals surface area contributed by atoms with Crippen LogP contribution in [0.25, 0.3) is 0 Å². The maximum absolute atomic E-state index is 13.3. The van der Waals surface area contributed by atoms with Gasteiger partial charge in [0.2, 0.25) is 11.8 Å². The molecule has 0 saturated heterocycles. The predicted molar refractivity (Wildman–Crippen MR) is 144 cm³/mol. The second-order valence-corrected chi connectivity index (χ2v) is 10.5. The van der Waals surface area contributed by atoms with Gasteiger partial charge in [0.05, 0.1) is 6.04 Å². The summed E-state index contributed by atoms with van der Waals surface area (Å²) in [6.07, 6.45) is 1.42. The molecule has 0 spiro atoms. The highest BCUT2D eigenvalue weighted by Gasteiger charge is 2.28. The van der Waals surface area contributed by atoms with Gasteiger partial charge in [-0.1, -0.05) is 44.2 Å². The molecule has 4 rings (SSSR count). The summed E-state index contributed by atoms with van der Waals surface area (Å²) < 4.78 is 5.94. The van der Waals surface area contributed by atoms with Crippen molar-refractivity contribution in [3.63, 3.8) is 0 Å². The quantitative estimate of drug-likeness (QED) is 0.402. The SMILES string of the molecule is Cc1oc2nc1C(=O)N[C@@H](C(C)C)c1nc(cs1)C(=O)NCCNCCCC(=O)N[C@H]2Cc1ccccc1. The molecular formula is C27H34N6O4S. The minimum Gasteiger partial charge on any atom is -0.443 e. The molecule has 0 radical (unpaired) electrons. The van der Waals surface area contributed by atoms with E-state index in [2.05, 4.69) is 31.2 Å². The number of fused-ring (bicyclic) bond motifs is 4. The molecule has 3 heterocycles. The summed E-state index contributed by atoms with van der Waals surface area (Å²) in [5.74, 6) is -0.134. The van der Waals surface area contributed by atoms with Gasteiger partial charge in [-0.3, -0.25) is 14.4 Å². The molecule has 11 heteroatoms. The van der Waals surface area contributed by atoms with Gasteiger partial charge < -0.3 is 25.7 Å². The Labute approximate surface area is 226 Å². The van der Waals surface area contributed by atoms with Crippen LogP contribution in [0.3, 0.4) is 0 Å². The van der Waals surface area contributed by atoms with Crippen LogP contribution in [0.5, 0.6) is 0 Å². The number of nitrogens with one attached hydrogen (secondary N) is 4. The zero-order valence-corrected chi connectivity index (χ0v) is 22.7. The summed E-state index contributed by atoms with van der Waals surface area (Å²) in [5, 5.41) is 14.5. The van der Waals surface area contributed by atoms with E-state index in [1.165, 1.54) is 11.3 Å². The molecule has 0 fully saturated rings. The molecule has 0 unspecified atom stereocenters. The smallest absolute Gasteiger partial charge is 0.274 e. The number of hydrogen-bond donors (Lipinski definition) is 4. The van der Waals surface area contributed by atoms with Gasteiger partial charge in [-0.2, -0.15) is 0 Å². The molecule has 3 amide bonds. The van der Waals surface area contributed by atoms with Crippen molar-refractivity contribution in [2.45, 2.75) is 52.1 Å². The number of carbonyl (C=O) groups is 3. The summed E-state index contributed by atoms with van der Waals surface area (Å²) in [6, 6.07) is 8.82. The first-order chi connectivity index (χ1) is 18.3. The number of carbonyl (C=O) groups excluding carboxylic acids is 3. The highest BCUT2D eigenvalue weighted by atomic mass is 32.1. The minimum absolute atomic E-state index is 0.0138. The van der Waals surface area contributed by atoms with E-state index in [0.717, 1.165) is 5.56 Å². The van der Waals surface area contributed by atoms with Crippen molar-refractivity contribution < 1.29 is 18.8 Å². The molecule has 10 nitrogen and oxygen atoms in total. The maximum atomic E-state index is 13.3. The molecule has 0 aliphatic carbocycles. The summed E-state index contributed by atoms with van der Waals surface area (Å²) >= 11 is 1.33. The monoisotopic (exact) mass is 538 g/mol. The van der Waals surface area contributed by atoms with E-state index in [0.29, 0.717) is 55.4 Å². The standard InChI is InChI=1S/C27H34N6O4S/c1-16(2)22-27-31-20(15-38-27)24(35)29-13-12-28-11-7-10-21(34)30-19(14-18-8-5-4-6-9-18)26-33-23(17(3)37-26)25(36)32-22/h4-6,8-9,15-16,19,22,28H,7,10-14H2,1-3H3,(H,29,35)(H,30,34)(H,32,36)/t19-,22-/m0/s1. The van der Waals surface area contributed by atoms with Gasteiger partial charge in [0, 0.05) is 31.3 Å². The van der Waals surface area contributed by atoms with E-state index >= 15 is 0 Å². The van der Waals surface area contributed by atoms with Crippen LogP contribution < -0.4 is 21.3 Å². The predicted octanol–water partition coefficient (Wildman–Crippen LogP) is 3.08. The fourth-order valence-corrected chi connectivity index (χ4v) is 5.23. The van der Waals surface area contributed by atoms with Crippen LogP contribution in [0.1, 0.15) is 82.0 Å². The lowest BCUT2D eigenvalue weighted by Crippen LogP contribution is -2.34. The molecule has 3 aromatic rings. The number of nitrogens with zero attached hydrogens (tertiary/aromatic N) is 2. The van der Waals surface area contributed by atoms with Crippen LogP contribution >= 0.6 is 11.3 Å². The van der Waals surface area contributed by atoms with Crippen LogP contribution in [-0.4, -0.2) is 47.3 Å². The number of benzene rings is 1. The number of aromatic nitrogens is 2. The fraction of sp³-hybridized carbons (Fsp3) is 0.444. The average molecular weight is 539 g/mol. The second kappa shape index (κ2) is 12.8. The maximum Gasteiger partial charge on any atom is 0.274 e. The third kappa shape index (κ3) is 7.05. The molecular weight excluding hydrogens is 504 g/mol. The van der Waals surface area contributed by atoms with Crippen LogP contribution in [0, 0.1) is 12.8 Å². The Kier molecular flexibility index (Phi) is 9.24. The van der Waals surface area contributed by atoms with Crippen molar-refractivity contribution >= 4 is 29.1 Å². The Bertz CT molecular complexity index is 1260. The molecule has 2 aromatic heterocycles.